The fourth-order valence-electron chi connectivity index (χ4n) is 2.55. The Morgan fingerprint density at radius 2 is 2.05 bits per heavy atom. The predicted octanol–water partition coefficient (Wildman–Crippen LogP) is 2.49. The molecule has 3 amide bonds. The van der Waals surface area contributed by atoms with Crippen molar-refractivity contribution < 1.29 is 9.59 Å². The van der Waals surface area contributed by atoms with E-state index in [1.54, 1.807) is 13.8 Å². The number of hydrogen-bond acceptors (Lipinski definition) is 3. The van der Waals surface area contributed by atoms with Crippen LogP contribution in [0.15, 0.2) is 24.3 Å². The van der Waals surface area contributed by atoms with Crippen molar-refractivity contribution in [2.75, 3.05) is 20.1 Å². The number of carbonyl (C=O) groups excluding carboxylic acids is 2. The number of nitrogens with zero attached hydrogens (tertiary/aromatic N) is 2. The highest BCUT2D eigenvalue weighted by molar-refractivity contribution is 6.30. The first-order valence-corrected chi connectivity index (χ1v) is 7.74. The molecule has 1 aliphatic heterocycles. The molecule has 0 aromatic heterocycles. The number of halogens is 1. The van der Waals surface area contributed by atoms with E-state index in [4.69, 9.17) is 11.6 Å². The summed E-state index contributed by atoms with van der Waals surface area (Å²) in [6.45, 7) is 5.46. The summed E-state index contributed by atoms with van der Waals surface area (Å²) in [5, 5.41) is 3.42. The second-order valence-electron chi connectivity index (χ2n) is 6.23. The van der Waals surface area contributed by atoms with Gasteiger partial charge in [0.1, 0.15) is 5.54 Å². The fraction of sp³-hybridized carbons (Fsp3) is 0.500. The molecular weight excluding hydrogens is 302 g/mol. The molecule has 0 atom stereocenters. The first-order valence-electron chi connectivity index (χ1n) is 7.37. The normalized spacial score (nSPS) is 17.2. The van der Waals surface area contributed by atoms with Crippen LogP contribution < -0.4 is 5.32 Å². The van der Waals surface area contributed by atoms with Gasteiger partial charge >= 0.3 is 6.03 Å². The van der Waals surface area contributed by atoms with Crippen LogP contribution in [0.4, 0.5) is 4.79 Å². The number of benzene rings is 1. The molecule has 0 radical (unpaired) electrons. The Morgan fingerprint density at radius 1 is 1.32 bits per heavy atom. The average molecular weight is 324 g/mol. The number of nitrogens with one attached hydrogen (secondary N) is 1. The average Bonchev–Trinajstić information content (AvgIpc) is 2.60. The smallest absolute Gasteiger partial charge is 0.324 e. The van der Waals surface area contributed by atoms with Gasteiger partial charge in [-0.25, -0.2) is 4.79 Å². The maximum atomic E-state index is 12.1. The summed E-state index contributed by atoms with van der Waals surface area (Å²) in [7, 11) is 2.01. The third-order valence-corrected chi connectivity index (χ3v) is 3.94. The van der Waals surface area contributed by atoms with Crippen molar-refractivity contribution in [1.82, 2.24) is 15.1 Å². The predicted molar refractivity (Wildman–Crippen MR) is 86.7 cm³/mol. The molecule has 1 N–H and O–H groups in total. The van der Waals surface area contributed by atoms with Gasteiger partial charge in [-0.1, -0.05) is 23.7 Å². The maximum Gasteiger partial charge on any atom is 0.325 e. The Balaban J connectivity index is 1.79. The summed E-state index contributed by atoms with van der Waals surface area (Å²) >= 11 is 5.97. The lowest BCUT2D eigenvalue weighted by molar-refractivity contribution is -0.130. The van der Waals surface area contributed by atoms with Crippen LogP contribution >= 0.6 is 11.6 Å². The van der Waals surface area contributed by atoms with Crippen molar-refractivity contribution in [1.29, 1.82) is 0 Å². The van der Waals surface area contributed by atoms with E-state index < -0.39 is 5.54 Å². The van der Waals surface area contributed by atoms with Crippen molar-refractivity contribution in [3.05, 3.63) is 34.9 Å². The van der Waals surface area contributed by atoms with E-state index in [2.05, 4.69) is 10.2 Å². The summed E-state index contributed by atoms with van der Waals surface area (Å²) in [4.78, 5) is 27.3. The molecule has 0 saturated carbocycles. The minimum absolute atomic E-state index is 0.157. The zero-order valence-corrected chi connectivity index (χ0v) is 14.0. The Labute approximate surface area is 136 Å². The summed E-state index contributed by atoms with van der Waals surface area (Å²) < 4.78 is 0. The Hall–Kier alpha value is -1.59. The SMILES string of the molecule is CN(CCCN1C(=O)NC(C)(C)C1=O)Cc1cccc(Cl)c1. The van der Waals surface area contributed by atoms with Gasteiger partial charge in [0.05, 0.1) is 0 Å². The number of imide groups is 1. The molecule has 2 rings (SSSR count). The topological polar surface area (TPSA) is 52.6 Å². The minimum Gasteiger partial charge on any atom is -0.324 e. The molecule has 120 valence electrons. The molecule has 0 unspecified atom stereocenters. The van der Waals surface area contributed by atoms with E-state index in [9.17, 15) is 9.59 Å². The second kappa shape index (κ2) is 6.67. The Kier molecular flexibility index (Phi) is 5.08. The zero-order chi connectivity index (χ0) is 16.3. The number of hydrogen-bond donors (Lipinski definition) is 1. The van der Waals surface area contributed by atoms with Gasteiger partial charge in [0.15, 0.2) is 0 Å². The Bertz CT molecular complexity index is 574. The number of urea groups is 1. The van der Waals surface area contributed by atoms with E-state index in [1.807, 2.05) is 31.3 Å². The van der Waals surface area contributed by atoms with Gasteiger partial charge in [0.25, 0.3) is 5.91 Å². The summed E-state index contributed by atoms with van der Waals surface area (Å²) in [5.74, 6) is -0.157. The van der Waals surface area contributed by atoms with Gasteiger partial charge < -0.3 is 10.2 Å². The van der Waals surface area contributed by atoms with Crippen LogP contribution in [0.2, 0.25) is 5.02 Å². The second-order valence-corrected chi connectivity index (χ2v) is 6.67. The maximum absolute atomic E-state index is 12.1. The van der Waals surface area contributed by atoms with Crippen LogP contribution in [0.3, 0.4) is 0 Å². The van der Waals surface area contributed by atoms with Crippen LogP contribution in [0.25, 0.3) is 0 Å². The molecule has 5 nitrogen and oxygen atoms in total. The molecule has 1 aliphatic rings. The van der Waals surface area contributed by atoms with Gasteiger partial charge in [-0.2, -0.15) is 0 Å². The first-order chi connectivity index (χ1) is 10.3. The van der Waals surface area contributed by atoms with Crippen LogP contribution in [0, 0.1) is 0 Å². The lowest BCUT2D eigenvalue weighted by atomic mass is 10.1. The molecule has 1 aromatic rings. The van der Waals surface area contributed by atoms with Gasteiger partial charge in [0, 0.05) is 18.1 Å². The highest BCUT2D eigenvalue weighted by Gasteiger charge is 2.43. The molecule has 0 aliphatic carbocycles. The van der Waals surface area contributed by atoms with Gasteiger partial charge in [0.2, 0.25) is 0 Å². The summed E-state index contributed by atoms with van der Waals surface area (Å²) in [5.41, 5.74) is 0.357. The van der Waals surface area contributed by atoms with Crippen LogP contribution in [-0.2, 0) is 11.3 Å². The standard InChI is InChI=1S/C16H22ClN3O2/c1-16(2)14(21)20(15(22)18-16)9-5-8-19(3)11-12-6-4-7-13(17)10-12/h4,6-7,10H,5,8-9,11H2,1-3H3,(H,18,22). The highest BCUT2D eigenvalue weighted by Crippen LogP contribution is 2.17. The fourth-order valence-corrected chi connectivity index (χ4v) is 2.76. The molecule has 1 fully saturated rings. The van der Waals surface area contributed by atoms with E-state index in [1.165, 1.54) is 4.90 Å². The molecule has 0 spiro atoms. The van der Waals surface area contributed by atoms with E-state index >= 15 is 0 Å². The van der Waals surface area contributed by atoms with Crippen LogP contribution in [-0.4, -0.2) is 47.4 Å². The summed E-state index contributed by atoms with van der Waals surface area (Å²) in [6.07, 6.45) is 0.742. The first kappa shape index (κ1) is 16.8. The molecule has 0 bridgehead atoms. The van der Waals surface area contributed by atoms with Gasteiger partial charge in [-0.3, -0.25) is 9.69 Å². The zero-order valence-electron chi connectivity index (χ0n) is 13.2. The molecule has 1 heterocycles. The van der Waals surface area contributed by atoms with Crippen molar-refractivity contribution in [3.63, 3.8) is 0 Å². The van der Waals surface area contributed by atoms with E-state index in [0.717, 1.165) is 30.1 Å². The molecule has 6 heteroatoms. The summed E-state index contributed by atoms with van der Waals surface area (Å²) in [6, 6.07) is 7.46. The number of amides is 3. The largest absolute Gasteiger partial charge is 0.325 e. The van der Waals surface area contributed by atoms with E-state index in [0.29, 0.717) is 6.54 Å². The minimum atomic E-state index is -0.788. The van der Waals surface area contributed by atoms with Crippen LogP contribution in [0.5, 0.6) is 0 Å². The van der Waals surface area contributed by atoms with Crippen molar-refractivity contribution in [2.24, 2.45) is 0 Å². The third kappa shape index (κ3) is 3.99. The molecule has 1 saturated heterocycles. The van der Waals surface area contributed by atoms with E-state index in [-0.39, 0.29) is 11.9 Å². The van der Waals surface area contributed by atoms with Crippen molar-refractivity contribution in [2.45, 2.75) is 32.4 Å². The molecular formula is C16H22ClN3O2. The number of carbonyl (C=O) groups is 2. The van der Waals surface area contributed by atoms with Crippen molar-refractivity contribution >= 4 is 23.5 Å². The Morgan fingerprint density at radius 3 is 2.64 bits per heavy atom. The lowest BCUT2D eigenvalue weighted by Crippen LogP contribution is -2.40. The number of rotatable bonds is 6. The lowest BCUT2D eigenvalue weighted by Gasteiger charge is -2.19. The highest BCUT2D eigenvalue weighted by atomic mass is 35.5. The molecule has 1 aromatic carbocycles. The third-order valence-electron chi connectivity index (χ3n) is 3.71. The van der Waals surface area contributed by atoms with Crippen LogP contribution in [0.1, 0.15) is 25.8 Å². The monoisotopic (exact) mass is 323 g/mol. The van der Waals surface area contributed by atoms with Crippen molar-refractivity contribution in [3.8, 4) is 0 Å². The van der Waals surface area contributed by atoms with Gasteiger partial charge in [-0.15, -0.1) is 0 Å². The molecule has 22 heavy (non-hydrogen) atoms. The van der Waals surface area contributed by atoms with Gasteiger partial charge in [-0.05, 0) is 51.6 Å². The quantitative estimate of drug-likeness (QED) is 0.818.